The lowest BCUT2D eigenvalue weighted by molar-refractivity contribution is -0.120. The molecule has 1 aromatic heterocycles. The van der Waals surface area contributed by atoms with Gasteiger partial charge in [0.05, 0.1) is 12.5 Å². The number of hydrogen-bond donors (Lipinski definition) is 3. The molecule has 1 aromatic carbocycles. The summed E-state index contributed by atoms with van der Waals surface area (Å²) in [4.78, 5) is 27.3. The summed E-state index contributed by atoms with van der Waals surface area (Å²) < 4.78 is 4.79. The van der Waals surface area contributed by atoms with Crippen LogP contribution in [0, 0.1) is 0 Å². The van der Waals surface area contributed by atoms with Crippen LogP contribution >= 0.6 is 0 Å². The fraction of sp³-hybridized carbons (Fsp3) is 0.333. The zero-order valence-corrected chi connectivity index (χ0v) is 12.7. The standard InChI is InChI=1S/C15H18N4O4/c1-10(20)8-17-14(22)15-18-12(19-23-15)7-13(21)16-9-11-5-3-2-4-6-11/h2-6,10,20H,7-9H2,1H3,(H,16,21)(H,17,22)/t10-/m1/s1. The molecular weight excluding hydrogens is 300 g/mol. The summed E-state index contributed by atoms with van der Waals surface area (Å²) in [5, 5.41) is 17.8. The normalized spacial score (nSPS) is 11.7. The Morgan fingerprint density at radius 3 is 2.70 bits per heavy atom. The van der Waals surface area contributed by atoms with E-state index in [4.69, 9.17) is 9.63 Å². The van der Waals surface area contributed by atoms with Crippen molar-refractivity contribution in [3.05, 3.63) is 47.6 Å². The third-order valence-electron chi connectivity index (χ3n) is 2.87. The van der Waals surface area contributed by atoms with E-state index in [0.29, 0.717) is 6.54 Å². The number of nitrogens with one attached hydrogen (secondary N) is 2. The highest BCUT2D eigenvalue weighted by Crippen LogP contribution is 2.00. The number of aliphatic hydroxyl groups is 1. The molecule has 1 atom stereocenters. The molecule has 3 N–H and O–H groups in total. The van der Waals surface area contributed by atoms with Gasteiger partial charge in [0.1, 0.15) is 0 Å². The molecule has 2 amide bonds. The molecule has 0 saturated carbocycles. The van der Waals surface area contributed by atoms with Gasteiger partial charge in [0.15, 0.2) is 5.82 Å². The predicted octanol–water partition coefficient (Wildman–Crippen LogP) is 0.0391. The highest BCUT2D eigenvalue weighted by Gasteiger charge is 2.17. The van der Waals surface area contributed by atoms with Crippen LogP contribution in [0.15, 0.2) is 34.9 Å². The van der Waals surface area contributed by atoms with Crippen molar-refractivity contribution in [2.75, 3.05) is 6.54 Å². The van der Waals surface area contributed by atoms with Gasteiger partial charge in [-0.25, -0.2) is 0 Å². The minimum atomic E-state index is -0.676. The van der Waals surface area contributed by atoms with Gasteiger partial charge in [0, 0.05) is 13.1 Å². The van der Waals surface area contributed by atoms with Crippen LogP contribution in [0.25, 0.3) is 0 Å². The average Bonchev–Trinajstić information content (AvgIpc) is 3.00. The van der Waals surface area contributed by atoms with E-state index in [1.165, 1.54) is 6.92 Å². The highest BCUT2D eigenvalue weighted by molar-refractivity contribution is 5.89. The lowest BCUT2D eigenvalue weighted by atomic mass is 10.2. The number of carbonyl (C=O) groups is 2. The maximum Gasteiger partial charge on any atom is 0.315 e. The van der Waals surface area contributed by atoms with E-state index in [9.17, 15) is 9.59 Å². The summed E-state index contributed by atoms with van der Waals surface area (Å²) in [6, 6.07) is 9.48. The molecule has 8 heteroatoms. The smallest absolute Gasteiger partial charge is 0.315 e. The third-order valence-corrected chi connectivity index (χ3v) is 2.87. The first-order chi connectivity index (χ1) is 11.0. The molecule has 0 spiro atoms. The number of amides is 2. The number of aromatic nitrogens is 2. The van der Waals surface area contributed by atoms with Gasteiger partial charge < -0.3 is 20.3 Å². The van der Waals surface area contributed by atoms with Crippen molar-refractivity contribution in [3.63, 3.8) is 0 Å². The Hall–Kier alpha value is -2.74. The van der Waals surface area contributed by atoms with Gasteiger partial charge in [-0.3, -0.25) is 9.59 Å². The van der Waals surface area contributed by atoms with E-state index in [1.54, 1.807) is 0 Å². The fourth-order valence-corrected chi connectivity index (χ4v) is 1.74. The van der Waals surface area contributed by atoms with Crippen LogP contribution in [0.3, 0.4) is 0 Å². The second kappa shape index (κ2) is 8.04. The molecule has 0 unspecified atom stereocenters. The molecule has 0 bridgehead atoms. The van der Waals surface area contributed by atoms with Gasteiger partial charge in [-0.15, -0.1) is 0 Å². The molecule has 0 radical (unpaired) electrons. The van der Waals surface area contributed by atoms with E-state index < -0.39 is 12.0 Å². The fourth-order valence-electron chi connectivity index (χ4n) is 1.74. The highest BCUT2D eigenvalue weighted by atomic mass is 16.5. The van der Waals surface area contributed by atoms with Crippen molar-refractivity contribution < 1.29 is 19.2 Å². The average molecular weight is 318 g/mol. The van der Waals surface area contributed by atoms with Gasteiger partial charge in [0.25, 0.3) is 0 Å². The molecule has 0 fully saturated rings. The molecule has 0 aliphatic heterocycles. The monoisotopic (exact) mass is 318 g/mol. The molecular formula is C15H18N4O4. The van der Waals surface area contributed by atoms with Crippen molar-refractivity contribution in [1.82, 2.24) is 20.8 Å². The quantitative estimate of drug-likeness (QED) is 0.663. The summed E-state index contributed by atoms with van der Waals surface area (Å²) in [7, 11) is 0. The van der Waals surface area contributed by atoms with Crippen molar-refractivity contribution in [2.24, 2.45) is 0 Å². The Labute approximate surface area is 132 Å². The third kappa shape index (κ3) is 5.51. The van der Waals surface area contributed by atoms with E-state index in [-0.39, 0.29) is 30.6 Å². The number of nitrogens with zero attached hydrogens (tertiary/aromatic N) is 2. The Bertz CT molecular complexity index is 655. The Morgan fingerprint density at radius 2 is 2.00 bits per heavy atom. The maximum atomic E-state index is 11.8. The first-order valence-corrected chi connectivity index (χ1v) is 7.14. The van der Waals surface area contributed by atoms with Crippen LogP contribution in [0.4, 0.5) is 0 Å². The minimum Gasteiger partial charge on any atom is -0.392 e. The maximum absolute atomic E-state index is 11.8. The Kier molecular flexibility index (Phi) is 5.81. The van der Waals surface area contributed by atoms with Crippen LogP contribution in [0.1, 0.15) is 29.0 Å². The second-order valence-corrected chi connectivity index (χ2v) is 5.01. The number of rotatable bonds is 7. The zero-order valence-electron chi connectivity index (χ0n) is 12.7. The molecule has 8 nitrogen and oxygen atoms in total. The van der Waals surface area contributed by atoms with E-state index in [0.717, 1.165) is 5.56 Å². The van der Waals surface area contributed by atoms with Crippen molar-refractivity contribution in [2.45, 2.75) is 26.0 Å². The molecule has 2 aromatic rings. The molecule has 0 saturated heterocycles. The van der Waals surface area contributed by atoms with Gasteiger partial charge >= 0.3 is 11.8 Å². The molecule has 0 aliphatic carbocycles. The first-order valence-electron chi connectivity index (χ1n) is 7.14. The number of carbonyl (C=O) groups excluding carboxylic acids is 2. The molecule has 23 heavy (non-hydrogen) atoms. The zero-order chi connectivity index (χ0) is 16.7. The van der Waals surface area contributed by atoms with Crippen LogP contribution in [0.5, 0.6) is 0 Å². The SMILES string of the molecule is C[C@@H](O)CNC(=O)c1nc(CC(=O)NCc2ccccc2)no1. The number of hydrogen-bond acceptors (Lipinski definition) is 6. The lowest BCUT2D eigenvalue weighted by Crippen LogP contribution is -2.30. The van der Waals surface area contributed by atoms with E-state index in [2.05, 4.69) is 20.8 Å². The van der Waals surface area contributed by atoms with Gasteiger partial charge in [-0.1, -0.05) is 35.5 Å². The number of aliphatic hydroxyl groups excluding tert-OH is 1. The summed E-state index contributed by atoms with van der Waals surface area (Å²) in [5.74, 6) is -0.978. The molecule has 0 aliphatic rings. The summed E-state index contributed by atoms with van der Waals surface area (Å²) in [5.41, 5.74) is 0.979. The first kappa shape index (κ1) is 16.6. The van der Waals surface area contributed by atoms with Gasteiger partial charge in [-0.05, 0) is 12.5 Å². The van der Waals surface area contributed by atoms with Crippen LogP contribution < -0.4 is 10.6 Å². The molecule has 122 valence electrons. The van der Waals surface area contributed by atoms with Crippen molar-refractivity contribution in [3.8, 4) is 0 Å². The summed E-state index contributed by atoms with van der Waals surface area (Å²) in [6.07, 6.45) is -0.759. The van der Waals surface area contributed by atoms with Crippen LogP contribution in [-0.4, -0.2) is 39.7 Å². The van der Waals surface area contributed by atoms with Crippen molar-refractivity contribution >= 4 is 11.8 Å². The van der Waals surface area contributed by atoms with Crippen LogP contribution in [0.2, 0.25) is 0 Å². The topological polar surface area (TPSA) is 117 Å². The Morgan fingerprint density at radius 1 is 1.26 bits per heavy atom. The molecule has 1 heterocycles. The second-order valence-electron chi connectivity index (χ2n) is 5.01. The lowest BCUT2D eigenvalue weighted by Gasteiger charge is -2.03. The van der Waals surface area contributed by atoms with E-state index in [1.807, 2.05) is 30.3 Å². The minimum absolute atomic E-state index is 0.0775. The summed E-state index contributed by atoms with van der Waals surface area (Å²) >= 11 is 0. The summed E-state index contributed by atoms with van der Waals surface area (Å²) in [6.45, 7) is 2.02. The largest absolute Gasteiger partial charge is 0.392 e. The van der Waals surface area contributed by atoms with Crippen LogP contribution in [-0.2, 0) is 17.8 Å². The molecule has 2 rings (SSSR count). The number of benzene rings is 1. The Balaban J connectivity index is 1.81. The van der Waals surface area contributed by atoms with Crippen molar-refractivity contribution in [1.29, 1.82) is 0 Å². The predicted molar refractivity (Wildman–Crippen MR) is 80.3 cm³/mol. The van der Waals surface area contributed by atoms with Gasteiger partial charge in [0.2, 0.25) is 5.91 Å². The van der Waals surface area contributed by atoms with E-state index >= 15 is 0 Å². The van der Waals surface area contributed by atoms with Gasteiger partial charge in [-0.2, -0.15) is 4.98 Å².